The van der Waals surface area contributed by atoms with E-state index in [1.165, 1.54) is 16.4 Å². The number of ether oxygens (including phenoxy) is 2. The lowest BCUT2D eigenvalue weighted by atomic mass is 10.3. The van der Waals surface area contributed by atoms with Gasteiger partial charge in [-0.05, 0) is 61.4 Å². The number of benzene rings is 2. The van der Waals surface area contributed by atoms with Gasteiger partial charge in [0.25, 0.3) is 5.91 Å². The molecule has 0 aromatic heterocycles. The Labute approximate surface area is 158 Å². The molecule has 0 saturated carbocycles. The van der Waals surface area contributed by atoms with Crippen LogP contribution in [0.15, 0.2) is 53.4 Å². The van der Waals surface area contributed by atoms with Gasteiger partial charge in [-0.2, -0.15) is 4.31 Å². The fourth-order valence-corrected chi connectivity index (χ4v) is 4.32. The standard InChI is InChI=1S/C19H22N2O5S/c1-25-16-6-4-15(5-7-16)20-19(22)14-26-17-8-10-18(11-9-17)27(23,24)21-12-2-3-13-21/h4-11H,2-3,12-14H2,1H3,(H,20,22). The van der Waals surface area contributed by atoms with E-state index in [4.69, 9.17) is 9.47 Å². The molecular formula is C19H22N2O5S. The van der Waals surface area contributed by atoms with E-state index < -0.39 is 10.0 Å². The Morgan fingerprint density at radius 3 is 2.19 bits per heavy atom. The molecule has 0 radical (unpaired) electrons. The SMILES string of the molecule is COc1ccc(NC(=O)COc2ccc(S(=O)(=O)N3CCCC3)cc2)cc1. The highest BCUT2D eigenvalue weighted by molar-refractivity contribution is 7.89. The van der Waals surface area contributed by atoms with E-state index in [0.29, 0.717) is 30.3 Å². The average Bonchev–Trinajstić information content (AvgIpc) is 3.23. The molecule has 8 heteroatoms. The third-order valence-corrected chi connectivity index (χ3v) is 6.18. The predicted octanol–water partition coefficient (Wildman–Crippen LogP) is 2.50. The number of nitrogens with one attached hydrogen (secondary N) is 1. The minimum absolute atomic E-state index is 0.176. The quantitative estimate of drug-likeness (QED) is 0.785. The topological polar surface area (TPSA) is 84.9 Å². The maximum Gasteiger partial charge on any atom is 0.262 e. The lowest BCUT2D eigenvalue weighted by Crippen LogP contribution is -2.27. The highest BCUT2D eigenvalue weighted by Gasteiger charge is 2.26. The first-order valence-corrected chi connectivity index (χ1v) is 10.1. The monoisotopic (exact) mass is 390 g/mol. The zero-order chi connectivity index (χ0) is 19.3. The van der Waals surface area contributed by atoms with E-state index in [1.807, 2.05) is 0 Å². The van der Waals surface area contributed by atoms with Crippen LogP contribution >= 0.6 is 0 Å². The van der Waals surface area contributed by atoms with Gasteiger partial charge in [0, 0.05) is 18.8 Å². The van der Waals surface area contributed by atoms with Crippen LogP contribution in [0.4, 0.5) is 5.69 Å². The van der Waals surface area contributed by atoms with Crippen molar-refractivity contribution < 1.29 is 22.7 Å². The molecule has 1 amide bonds. The largest absolute Gasteiger partial charge is 0.497 e. The van der Waals surface area contributed by atoms with Crippen molar-refractivity contribution >= 4 is 21.6 Å². The molecule has 0 bridgehead atoms. The van der Waals surface area contributed by atoms with Gasteiger partial charge in [-0.15, -0.1) is 0 Å². The van der Waals surface area contributed by atoms with Gasteiger partial charge in [-0.3, -0.25) is 4.79 Å². The Balaban J connectivity index is 1.54. The Bertz CT molecular complexity index is 873. The third-order valence-electron chi connectivity index (χ3n) is 4.27. The van der Waals surface area contributed by atoms with Crippen molar-refractivity contribution in [3.8, 4) is 11.5 Å². The number of carbonyl (C=O) groups excluding carboxylic acids is 1. The summed E-state index contributed by atoms with van der Waals surface area (Å²) in [5, 5.41) is 2.71. The van der Waals surface area contributed by atoms with Crippen LogP contribution in [0.1, 0.15) is 12.8 Å². The molecule has 0 atom stereocenters. The molecule has 1 fully saturated rings. The first kappa shape index (κ1) is 19.2. The molecule has 1 saturated heterocycles. The summed E-state index contributed by atoms with van der Waals surface area (Å²) >= 11 is 0. The van der Waals surface area contributed by atoms with Gasteiger partial charge in [-0.1, -0.05) is 0 Å². The zero-order valence-corrected chi connectivity index (χ0v) is 15.9. The summed E-state index contributed by atoms with van der Waals surface area (Å²) in [4.78, 5) is 12.2. The van der Waals surface area contributed by atoms with Crippen molar-refractivity contribution in [3.63, 3.8) is 0 Å². The number of carbonyl (C=O) groups is 1. The van der Waals surface area contributed by atoms with Gasteiger partial charge in [0.15, 0.2) is 6.61 Å². The van der Waals surface area contributed by atoms with Crippen LogP contribution in [-0.4, -0.2) is 45.4 Å². The number of anilines is 1. The number of methoxy groups -OCH3 is 1. The molecule has 1 aliphatic heterocycles. The fourth-order valence-electron chi connectivity index (χ4n) is 2.81. The van der Waals surface area contributed by atoms with Crippen LogP contribution in [0.5, 0.6) is 11.5 Å². The van der Waals surface area contributed by atoms with Crippen molar-refractivity contribution in [2.75, 3.05) is 32.1 Å². The molecule has 0 spiro atoms. The smallest absolute Gasteiger partial charge is 0.262 e. The summed E-state index contributed by atoms with van der Waals surface area (Å²) in [6.45, 7) is 0.947. The van der Waals surface area contributed by atoms with E-state index in [0.717, 1.165) is 12.8 Å². The summed E-state index contributed by atoms with van der Waals surface area (Å²) in [7, 11) is -1.87. The summed E-state index contributed by atoms with van der Waals surface area (Å²) in [6, 6.07) is 13.1. The van der Waals surface area contributed by atoms with Crippen LogP contribution in [0.3, 0.4) is 0 Å². The van der Waals surface area contributed by atoms with Gasteiger partial charge < -0.3 is 14.8 Å². The number of amides is 1. The summed E-state index contributed by atoms with van der Waals surface area (Å²) in [6.07, 6.45) is 1.79. The molecule has 7 nitrogen and oxygen atoms in total. The fraction of sp³-hybridized carbons (Fsp3) is 0.316. The molecule has 2 aromatic rings. The highest BCUT2D eigenvalue weighted by Crippen LogP contribution is 2.23. The van der Waals surface area contributed by atoms with Crippen molar-refractivity contribution in [2.24, 2.45) is 0 Å². The van der Waals surface area contributed by atoms with Crippen molar-refractivity contribution in [1.82, 2.24) is 4.31 Å². The normalized spacial score (nSPS) is 14.7. The maximum atomic E-state index is 12.5. The lowest BCUT2D eigenvalue weighted by Gasteiger charge is -2.15. The number of hydrogen-bond acceptors (Lipinski definition) is 5. The summed E-state index contributed by atoms with van der Waals surface area (Å²) in [5.41, 5.74) is 0.636. The zero-order valence-electron chi connectivity index (χ0n) is 15.1. The van der Waals surface area contributed by atoms with E-state index in [2.05, 4.69) is 5.32 Å². The van der Waals surface area contributed by atoms with Crippen molar-refractivity contribution in [1.29, 1.82) is 0 Å². The van der Waals surface area contributed by atoms with E-state index in [9.17, 15) is 13.2 Å². The average molecular weight is 390 g/mol. The number of nitrogens with zero attached hydrogens (tertiary/aromatic N) is 1. The number of hydrogen-bond donors (Lipinski definition) is 1. The van der Waals surface area contributed by atoms with Gasteiger partial charge in [-0.25, -0.2) is 8.42 Å². The summed E-state index contributed by atoms with van der Waals surface area (Å²) in [5.74, 6) is 0.822. The van der Waals surface area contributed by atoms with E-state index in [-0.39, 0.29) is 17.4 Å². The molecule has 144 valence electrons. The third kappa shape index (κ3) is 4.78. The minimum atomic E-state index is -3.44. The molecule has 0 unspecified atom stereocenters. The van der Waals surface area contributed by atoms with Crippen LogP contribution in [-0.2, 0) is 14.8 Å². The predicted molar refractivity (Wildman–Crippen MR) is 102 cm³/mol. The molecule has 1 aliphatic rings. The Kier molecular flexibility index (Phi) is 5.98. The maximum absolute atomic E-state index is 12.5. The molecule has 1 N–H and O–H groups in total. The van der Waals surface area contributed by atoms with E-state index >= 15 is 0 Å². The van der Waals surface area contributed by atoms with Crippen molar-refractivity contribution in [3.05, 3.63) is 48.5 Å². The first-order chi connectivity index (χ1) is 13.0. The molecule has 27 heavy (non-hydrogen) atoms. The molecule has 2 aromatic carbocycles. The van der Waals surface area contributed by atoms with Gasteiger partial charge in [0.2, 0.25) is 10.0 Å². The summed E-state index contributed by atoms with van der Waals surface area (Å²) < 4.78 is 36.9. The second-order valence-corrected chi connectivity index (χ2v) is 8.09. The number of rotatable bonds is 7. The molecule has 0 aliphatic carbocycles. The van der Waals surface area contributed by atoms with Crippen LogP contribution < -0.4 is 14.8 Å². The second kappa shape index (κ2) is 8.41. The lowest BCUT2D eigenvalue weighted by molar-refractivity contribution is -0.118. The second-order valence-electron chi connectivity index (χ2n) is 6.15. The van der Waals surface area contributed by atoms with Gasteiger partial charge in [0.1, 0.15) is 11.5 Å². The Hall–Kier alpha value is -2.58. The van der Waals surface area contributed by atoms with Crippen LogP contribution in [0.25, 0.3) is 0 Å². The van der Waals surface area contributed by atoms with Crippen LogP contribution in [0.2, 0.25) is 0 Å². The highest BCUT2D eigenvalue weighted by atomic mass is 32.2. The molecule has 3 rings (SSSR count). The van der Waals surface area contributed by atoms with Crippen LogP contribution in [0, 0.1) is 0 Å². The minimum Gasteiger partial charge on any atom is -0.497 e. The van der Waals surface area contributed by atoms with Crippen molar-refractivity contribution in [2.45, 2.75) is 17.7 Å². The molecule has 1 heterocycles. The Morgan fingerprint density at radius 2 is 1.59 bits per heavy atom. The van der Waals surface area contributed by atoms with E-state index in [1.54, 1.807) is 43.5 Å². The molecular weight excluding hydrogens is 368 g/mol. The van der Waals surface area contributed by atoms with Gasteiger partial charge in [0.05, 0.1) is 12.0 Å². The Morgan fingerprint density at radius 1 is 1.00 bits per heavy atom. The van der Waals surface area contributed by atoms with Gasteiger partial charge >= 0.3 is 0 Å². The number of sulfonamides is 1. The first-order valence-electron chi connectivity index (χ1n) is 8.66.